The van der Waals surface area contributed by atoms with Crippen LogP contribution in [0.25, 0.3) is 0 Å². The van der Waals surface area contributed by atoms with Gasteiger partial charge in [0.2, 0.25) is 0 Å². The molecule has 1 amide bonds. The van der Waals surface area contributed by atoms with Crippen molar-refractivity contribution in [2.45, 2.75) is 43.7 Å². The van der Waals surface area contributed by atoms with Crippen molar-refractivity contribution < 1.29 is 19.7 Å². The van der Waals surface area contributed by atoms with Crippen LogP contribution in [0, 0.1) is 0 Å². The molecule has 38 heavy (non-hydrogen) atoms. The van der Waals surface area contributed by atoms with E-state index in [2.05, 4.69) is 9.88 Å². The summed E-state index contributed by atoms with van der Waals surface area (Å²) >= 11 is 12.2. The number of β-amino-alcohol motifs (C(OH)–C–C–N with tert-alkyl or cyclic N) is 1. The SMILES string of the molecule is CO[C@]1(c2ccc(Cl)cc2)c2ccc(C(C)(O)CN3CCC(O)CC3)cc2C(=O)N1Cc1ccc(Cl)cn1. The second-order valence-corrected chi connectivity index (χ2v) is 11.1. The minimum absolute atomic E-state index is 0.184. The Morgan fingerprint density at radius 3 is 2.39 bits per heavy atom. The normalized spacial score (nSPS) is 21.9. The summed E-state index contributed by atoms with van der Waals surface area (Å²) in [5, 5.41) is 22.4. The lowest BCUT2D eigenvalue weighted by Crippen LogP contribution is -2.45. The molecule has 5 rings (SSSR count). The number of fused-ring (bicyclic) bond motifs is 1. The number of aliphatic hydroxyl groups is 2. The predicted octanol–water partition coefficient (Wildman–Crippen LogP) is 4.56. The molecule has 1 saturated heterocycles. The van der Waals surface area contributed by atoms with E-state index in [0.29, 0.717) is 64.9 Å². The smallest absolute Gasteiger partial charge is 0.257 e. The molecular formula is C29H31Cl2N3O4. The number of halogens is 2. The van der Waals surface area contributed by atoms with E-state index >= 15 is 0 Å². The zero-order valence-corrected chi connectivity index (χ0v) is 22.9. The van der Waals surface area contributed by atoms with E-state index in [4.69, 9.17) is 27.9 Å². The quantitative estimate of drug-likeness (QED) is 0.444. The number of aliphatic hydroxyl groups excluding tert-OH is 1. The van der Waals surface area contributed by atoms with Gasteiger partial charge in [-0.2, -0.15) is 0 Å². The summed E-state index contributed by atoms with van der Waals surface area (Å²) in [5.41, 5.74) is 0.778. The Balaban J connectivity index is 1.56. The third kappa shape index (κ3) is 4.95. The van der Waals surface area contributed by atoms with Crippen LogP contribution in [-0.2, 0) is 22.6 Å². The van der Waals surface area contributed by atoms with Gasteiger partial charge >= 0.3 is 0 Å². The highest BCUT2D eigenvalue weighted by molar-refractivity contribution is 6.30. The summed E-state index contributed by atoms with van der Waals surface area (Å²) in [4.78, 5) is 22.2. The van der Waals surface area contributed by atoms with Gasteiger partial charge in [0, 0.05) is 54.7 Å². The fourth-order valence-corrected chi connectivity index (χ4v) is 5.80. The lowest BCUT2D eigenvalue weighted by molar-refractivity contribution is -0.0868. The standard InChI is InChI=1S/C29H31Cl2N3O4/c1-28(37,18-33-13-11-24(35)12-14-33)20-5-10-26-25(15-20)27(36)34(17-23-9-8-22(31)16-32-23)29(26,38-2)19-3-6-21(30)7-4-19/h3-10,15-16,24,35,37H,11-14,17-18H2,1-2H3/t28?,29-/m1/s1. The molecule has 9 heteroatoms. The minimum atomic E-state index is -1.22. The number of likely N-dealkylation sites (tertiary alicyclic amines) is 1. The van der Waals surface area contributed by atoms with Crippen molar-refractivity contribution in [1.29, 1.82) is 0 Å². The van der Waals surface area contributed by atoms with Gasteiger partial charge in [-0.05, 0) is 55.7 Å². The number of pyridine rings is 1. The van der Waals surface area contributed by atoms with E-state index in [9.17, 15) is 15.0 Å². The number of hydrogen-bond acceptors (Lipinski definition) is 6. The van der Waals surface area contributed by atoms with Crippen molar-refractivity contribution in [2.24, 2.45) is 0 Å². The number of aromatic nitrogens is 1. The maximum Gasteiger partial charge on any atom is 0.257 e. The summed E-state index contributed by atoms with van der Waals surface area (Å²) < 4.78 is 6.20. The molecule has 0 aliphatic carbocycles. The number of piperidine rings is 1. The molecule has 200 valence electrons. The van der Waals surface area contributed by atoms with Crippen molar-refractivity contribution in [3.63, 3.8) is 0 Å². The van der Waals surface area contributed by atoms with Gasteiger partial charge < -0.3 is 14.9 Å². The third-order valence-electron chi connectivity index (χ3n) is 7.59. The van der Waals surface area contributed by atoms with Crippen molar-refractivity contribution >= 4 is 29.1 Å². The first-order chi connectivity index (χ1) is 18.1. The summed E-state index contributed by atoms with van der Waals surface area (Å²) in [7, 11) is 1.58. The lowest BCUT2D eigenvalue weighted by Gasteiger charge is -2.38. The highest BCUT2D eigenvalue weighted by Crippen LogP contribution is 2.46. The van der Waals surface area contributed by atoms with Crippen LogP contribution in [0.4, 0.5) is 0 Å². The highest BCUT2D eigenvalue weighted by atomic mass is 35.5. The number of methoxy groups -OCH3 is 1. The fraction of sp³-hybridized carbons (Fsp3) is 0.379. The lowest BCUT2D eigenvalue weighted by atomic mass is 9.88. The summed E-state index contributed by atoms with van der Waals surface area (Å²) in [6.07, 6.45) is 2.63. The van der Waals surface area contributed by atoms with Gasteiger partial charge in [-0.3, -0.25) is 19.6 Å². The van der Waals surface area contributed by atoms with Crippen molar-refractivity contribution in [3.05, 3.63) is 98.8 Å². The number of rotatable bonds is 7. The van der Waals surface area contributed by atoms with E-state index < -0.39 is 11.3 Å². The van der Waals surface area contributed by atoms with Crippen LogP contribution in [0.2, 0.25) is 10.0 Å². The molecule has 0 bridgehead atoms. The first kappa shape index (κ1) is 27.1. The Morgan fingerprint density at radius 1 is 1.08 bits per heavy atom. The second kappa shape index (κ2) is 10.6. The molecule has 2 N–H and O–H groups in total. The number of amides is 1. The molecule has 0 spiro atoms. The molecule has 2 aromatic carbocycles. The van der Waals surface area contributed by atoms with Crippen LogP contribution in [0.3, 0.4) is 0 Å². The highest BCUT2D eigenvalue weighted by Gasteiger charge is 2.52. The predicted molar refractivity (Wildman–Crippen MR) is 146 cm³/mol. The number of benzene rings is 2. The van der Waals surface area contributed by atoms with Gasteiger partial charge in [0.05, 0.1) is 29.0 Å². The van der Waals surface area contributed by atoms with Crippen LogP contribution in [0.5, 0.6) is 0 Å². The Kier molecular flexibility index (Phi) is 7.52. The Labute approximate surface area is 232 Å². The molecule has 1 aromatic heterocycles. The van der Waals surface area contributed by atoms with Gasteiger partial charge in [0.1, 0.15) is 0 Å². The van der Waals surface area contributed by atoms with Gasteiger partial charge in [-0.1, -0.05) is 47.5 Å². The zero-order chi connectivity index (χ0) is 27.1. The second-order valence-electron chi connectivity index (χ2n) is 10.3. The molecule has 2 aliphatic rings. The molecule has 1 fully saturated rings. The molecule has 0 saturated carbocycles. The maximum absolute atomic E-state index is 14.0. The van der Waals surface area contributed by atoms with Gasteiger partial charge in [-0.25, -0.2) is 0 Å². The molecule has 1 unspecified atom stereocenters. The summed E-state index contributed by atoms with van der Waals surface area (Å²) in [6, 6.07) is 16.3. The third-order valence-corrected chi connectivity index (χ3v) is 8.07. The number of hydrogen-bond donors (Lipinski definition) is 2. The number of nitrogens with zero attached hydrogens (tertiary/aromatic N) is 3. The van der Waals surface area contributed by atoms with E-state index in [1.807, 2.05) is 24.3 Å². The zero-order valence-electron chi connectivity index (χ0n) is 21.4. The van der Waals surface area contributed by atoms with E-state index in [-0.39, 0.29) is 18.6 Å². The maximum atomic E-state index is 14.0. The van der Waals surface area contributed by atoms with Gasteiger partial charge in [-0.15, -0.1) is 0 Å². The number of ether oxygens (including phenoxy) is 1. The Hall–Kier alpha value is -2.52. The molecule has 7 nitrogen and oxygen atoms in total. The Morgan fingerprint density at radius 2 is 1.76 bits per heavy atom. The first-order valence-electron chi connectivity index (χ1n) is 12.7. The number of carbonyl (C=O) groups is 1. The van der Waals surface area contributed by atoms with Crippen LogP contribution in [-0.4, -0.2) is 63.8 Å². The number of carbonyl (C=O) groups excluding carboxylic acids is 1. The van der Waals surface area contributed by atoms with E-state index in [0.717, 1.165) is 5.56 Å². The monoisotopic (exact) mass is 555 g/mol. The van der Waals surface area contributed by atoms with Crippen molar-refractivity contribution in [2.75, 3.05) is 26.7 Å². The molecule has 2 atom stereocenters. The average molecular weight is 556 g/mol. The average Bonchev–Trinajstić information content (AvgIpc) is 3.14. The van der Waals surface area contributed by atoms with Crippen LogP contribution in [0.15, 0.2) is 60.8 Å². The van der Waals surface area contributed by atoms with Crippen molar-refractivity contribution in [3.8, 4) is 0 Å². The van der Waals surface area contributed by atoms with Crippen LogP contribution < -0.4 is 0 Å². The minimum Gasteiger partial charge on any atom is -0.393 e. The van der Waals surface area contributed by atoms with Crippen LogP contribution in [0.1, 0.15) is 52.5 Å². The van der Waals surface area contributed by atoms with E-state index in [1.54, 1.807) is 55.5 Å². The topological polar surface area (TPSA) is 86.1 Å². The van der Waals surface area contributed by atoms with Crippen LogP contribution >= 0.6 is 23.2 Å². The summed E-state index contributed by atoms with van der Waals surface area (Å²) in [5.74, 6) is -0.229. The fourth-order valence-electron chi connectivity index (χ4n) is 5.56. The van der Waals surface area contributed by atoms with E-state index in [1.165, 1.54) is 0 Å². The molecular weight excluding hydrogens is 525 g/mol. The van der Waals surface area contributed by atoms with Gasteiger partial charge in [0.15, 0.2) is 5.72 Å². The molecule has 2 aliphatic heterocycles. The van der Waals surface area contributed by atoms with Crippen molar-refractivity contribution in [1.82, 2.24) is 14.8 Å². The largest absolute Gasteiger partial charge is 0.393 e. The first-order valence-corrected chi connectivity index (χ1v) is 13.4. The Bertz CT molecular complexity index is 1310. The molecule has 3 aromatic rings. The summed E-state index contributed by atoms with van der Waals surface area (Å²) in [6.45, 7) is 3.77. The molecule has 0 radical (unpaired) electrons. The van der Waals surface area contributed by atoms with Gasteiger partial charge in [0.25, 0.3) is 5.91 Å². The molecule has 3 heterocycles.